The number of rotatable bonds is 5. The maximum absolute atomic E-state index is 11.8. The average molecular weight is 342 g/mol. The molecule has 1 fully saturated rings. The number of benzene rings is 1. The molecule has 1 aliphatic rings. The van der Waals surface area contributed by atoms with Crippen molar-refractivity contribution >= 4 is 21.4 Å². The van der Waals surface area contributed by atoms with E-state index < -0.39 is 14.9 Å². The van der Waals surface area contributed by atoms with Crippen molar-refractivity contribution in [1.29, 1.82) is 0 Å². The molecule has 1 aromatic rings. The molecule has 0 radical (unpaired) electrons. The highest BCUT2D eigenvalue weighted by Gasteiger charge is 2.30. The van der Waals surface area contributed by atoms with Crippen molar-refractivity contribution in [2.24, 2.45) is 17.6 Å². The van der Waals surface area contributed by atoms with Crippen LogP contribution in [0.5, 0.6) is 0 Å². The molecule has 0 aliphatic carbocycles. The molecule has 1 aromatic carbocycles. The summed E-state index contributed by atoms with van der Waals surface area (Å²) in [6.07, 6.45) is 0.898. The molecule has 23 heavy (non-hydrogen) atoms. The van der Waals surface area contributed by atoms with Gasteiger partial charge in [-0.1, -0.05) is 6.92 Å². The summed E-state index contributed by atoms with van der Waals surface area (Å²) in [6, 6.07) is 4.01. The zero-order valence-electron chi connectivity index (χ0n) is 13.2. The van der Waals surface area contributed by atoms with Gasteiger partial charge < -0.3 is 10.6 Å². The van der Waals surface area contributed by atoms with Crippen LogP contribution in [0.4, 0.5) is 11.4 Å². The van der Waals surface area contributed by atoms with Crippen molar-refractivity contribution in [3.8, 4) is 0 Å². The number of nitrogens with one attached hydrogen (secondary N) is 1. The lowest BCUT2D eigenvalue weighted by atomic mass is 9.87. The summed E-state index contributed by atoms with van der Waals surface area (Å²) in [6.45, 7) is 3.98. The van der Waals surface area contributed by atoms with Crippen molar-refractivity contribution in [3.05, 3.63) is 28.3 Å². The number of nitrogens with zero attached hydrogens (tertiary/aromatic N) is 2. The van der Waals surface area contributed by atoms with E-state index in [1.165, 1.54) is 19.2 Å². The van der Waals surface area contributed by atoms with Crippen LogP contribution >= 0.6 is 0 Å². The largest absolute Gasteiger partial charge is 0.366 e. The molecule has 9 heteroatoms. The zero-order valence-corrected chi connectivity index (χ0v) is 14.0. The Balaban J connectivity index is 2.41. The van der Waals surface area contributed by atoms with Gasteiger partial charge in [0.1, 0.15) is 5.69 Å². The molecule has 8 nitrogen and oxygen atoms in total. The smallest absolute Gasteiger partial charge is 0.293 e. The van der Waals surface area contributed by atoms with Crippen LogP contribution in [0, 0.1) is 22.0 Å². The van der Waals surface area contributed by atoms with E-state index in [0.717, 1.165) is 12.5 Å². The second-order valence-electron chi connectivity index (χ2n) is 5.82. The van der Waals surface area contributed by atoms with Gasteiger partial charge in [-0.15, -0.1) is 0 Å². The van der Waals surface area contributed by atoms with E-state index in [1.807, 2.05) is 4.90 Å². The van der Waals surface area contributed by atoms with Gasteiger partial charge in [0.15, 0.2) is 0 Å². The fourth-order valence-corrected chi connectivity index (χ4v) is 3.63. The predicted octanol–water partition coefficient (Wildman–Crippen LogP) is 0.924. The monoisotopic (exact) mass is 342 g/mol. The van der Waals surface area contributed by atoms with Crippen molar-refractivity contribution in [3.63, 3.8) is 0 Å². The molecule has 0 amide bonds. The summed E-state index contributed by atoms with van der Waals surface area (Å²) < 4.78 is 25.8. The van der Waals surface area contributed by atoms with Gasteiger partial charge in [0.2, 0.25) is 10.0 Å². The van der Waals surface area contributed by atoms with Gasteiger partial charge in [-0.05, 0) is 44.0 Å². The number of nitro groups is 1. The van der Waals surface area contributed by atoms with E-state index in [0.29, 0.717) is 31.2 Å². The first kappa shape index (κ1) is 17.6. The number of hydrogen-bond acceptors (Lipinski definition) is 6. The molecule has 1 heterocycles. The number of piperidine rings is 1. The van der Waals surface area contributed by atoms with Crippen LogP contribution < -0.4 is 15.4 Å². The highest BCUT2D eigenvalue weighted by molar-refractivity contribution is 7.89. The lowest BCUT2D eigenvalue weighted by Crippen LogP contribution is -2.42. The second kappa shape index (κ2) is 6.81. The maximum atomic E-state index is 11.8. The Kier molecular flexibility index (Phi) is 5.23. The van der Waals surface area contributed by atoms with E-state index in [9.17, 15) is 18.5 Å². The molecule has 1 saturated heterocycles. The molecular formula is C14H22N4O4S. The first-order chi connectivity index (χ1) is 10.8. The normalized spacial score (nSPS) is 22.1. The van der Waals surface area contributed by atoms with Crippen LogP contribution in [0.15, 0.2) is 23.1 Å². The fraction of sp³-hybridized carbons (Fsp3) is 0.571. The van der Waals surface area contributed by atoms with E-state index in [1.54, 1.807) is 0 Å². The molecule has 0 saturated carbocycles. The Morgan fingerprint density at radius 3 is 2.74 bits per heavy atom. The maximum Gasteiger partial charge on any atom is 0.293 e. The minimum absolute atomic E-state index is 0.115. The third-order valence-corrected chi connectivity index (χ3v) is 5.89. The zero-order chi connectivity index (χ0) is 17.2. The number of sulfonamides is 1. The van der Waals surface area contributed by atoms with Crippen molar-refractivity contribution in [2.45, 2.75) is 18.2 Å². The fourth-order valence-electron chi connectivity index (χ4n) is 2.88. The van der Waals surface area contributed by atoms with Crippen LogP contribution in [0.1, 0.15) is 13.3 Å². The molecule has 2 rings (SSSR count). The third kappa shape index (κ3) is 3.62. The third-order valence-electron chi connectivity index (χ3n) is 4.48. The van der Waals surface area contributed by atoms with Gasteiger partial charge in [-0.3, -0.25) is 10.1 Å². The van der Waals surface area contributed by atoms with Crippen LogP contribution in [0.3, 0.4) is 0 Å². The number of nitro benzene ring substituents is 1. The predicted molar refractivity (Wildman–Crippen MR) is 87.9 cm³/mol. The number of hydrogen-bond donors (Lipinski definition) is 2. The van der Waals surface area contributed by atoms with Crippen LogP contribution in [0.2, 0.25) is 0 Å². The standard InChI is InChI=1S/C14H22N4O4S/c1-10-5-6-17(9-11(10)8-15)13-4-3-12(23(21,22)16-2)7-14(13)18(19)20/h3-4,7,10-11,16H,5-6,8-9,15H2,1-2H3. The van der Waals surface area contributed by atoms with Crippen molar-refractivity contribution in [2.75, 3.05) is 31.6 Å². The minimum Gasteiger partial charge on any atom is -0.366 e. The Bertz CT molecular complexity index is 692. The number of nitrogens with two attached hydrogens (primary N) is 1. The van der Waals surface area contributed by atoms with Gasteiger partial charge in [-0.25, -0.2) is 13.1 Å². The molecule has 3 N–H and O–H groups in total. The Hall–Kier alpha value is -1.71. The molecule has 0 spiro atoms. The van der Waals surface area contributed by atoms with Crippen LogP contribution in [-0.2, 0) is 10.0 Å². The first-order valence-corrected chi connectivity index (χ1v) is 8.95. The first-order valence-electron chi connectivity index (χ1n) is 7.47. The summed E-state index contributed by atoms with van der Waals surface area (Å²) in [4.78, 5) is 12.7. The Morgan fingerprint density at radius 2 is 2.17 bits per heavy atom. The molecule has 0 bridgehead atoms. The van der Waals surface area contributed by atoms with E-state index in [-0.39, 0.29) is 16.5 Å². The summed E-state index contributed by atoms with van der Waals surface area (Å²) in [7, 11) is -2.45. The molecule has 2 unspecified atom stereocenters. The van der Waals surface area contributed by atoms with Crippen LogP contribution in [-0.4, -0.2) is 40.0 Å². The van der Waals surface area contributed by atoms with Crippen LogP contribution in [0.25, 0.3) is 0 Å². The summed E-state index contributed by atoms with van der Waals surface area (Å²) >= 11 is 0. The van der Waals surface area contributed by atoms with Gasteiger partial charge in [0.25, 0.3) is 5.69 Å². The molecule has 2 atom stereocenters. The van der Waals surface area contributed by atoms with E-state index >= 15 is 0 Å². The minimum atomic E-state index is -3.72. The van der Waals surface area contributed by atoms with E-state index in [2.05, 4.69) is 11.6 Å². The quantitative estimate of drug-likeness (QED) is 0.607. The molecule has 1 aliphatic heterocycles. The molecular weight excluding hydrogens is 320 g/mol. The van der Waals surface area contributed by atoms with Gasteiger partial charge in [0, 0.05) is 19.2 Å². The topological polar surface area (TPSA) is 119 Å². The lowest BCUT2D eigenvalue weighted by molar-refractivity contribution is -0.384. The Labute approximate surface area is 135 Å². The lowest BCUT2D eigenvalue weighted by Gasteiger charge is -2.37. The highest BCUT2D eigenvalue weighted by atomic mass is 32.2. The Morgan fingerprint density at radius 1 is 1.48 bits per heavy atom. The van der Waals surface area contributed by atoms with Crippen molar-refractivity contribution in [1.82, 2.24) is 4.72 Å². The molecule has 128 valence electrons. The van der Waals surface area contributed by atoms with Gasteiger partial charge >= 0.3 is 0 Å². The summed E-state index contributed by atoms with van der Waals surface area (Å²) in [5, 5.41) is 11.4. The number of anilines is 1. The summed E-state index contributed by atoms with van der Waals surface area (Å²) in [5.74, 6) is 0.739. The van der Waals surface area contributed by atoms with Crippen molar-refractivity contribution < 1.29 is 13.3 Å². The highest BCUT2D eigenvalue weighted by Crippen LogP contribution is 2.34. The second-order valence-corrected chi connectivity index (χ2v) is 7.71. The SMILES string of the molecule is CNS(=O)(=O)c1ccc(N2CCC(C)C(CN)C2)c([N+](=O)[O-])c1. The van der Waals surface area contributed by atoms with Gasteiger partial charge in [-0.2, -0.15) is 0 Å². The van der Waals surface area contributed by atoms with E-state index in [4.69, 9.17) is 5.73 Å². The molecule has 0 aromatic heterocycles. The van der Waals surface area contributed by atoms with Gasteiger partial charge in [0.05, 0.1) is 9.82 Å². The summed E-state index contributed by atoms with van der Waals surface area (Å²) in [5.41, 5.74) is 6.02. The average Bonchev–Trinajstić information content (AvgIpc) is 2.54.